The van der Waals surface area contributed by atoms with Gasteiger partial charge in [-0.3, -0.25) is 0 Å². The van der Waals surface area contributed by atoms with Crippen LogP contribution in [0, 0.1) is 11.8 Å². The summed E-state index contributed by atoms with van der Waals surface area (Å²) in [7, 11) is 0. The predicted octanol–water partition coefficient (Wildman–Crippen LogP) is 2.99. The minimum Gasteiger partial charge on any atom is -0.375 e. The summed E-state index contributed by atoms with van der Waals surface area (Å²) in [5, 5.41) is 0. The molecule has 0 radical (unpaired) electrons. The molecule has 1 atom stereocenters. The van der Waals surface area contributed by atoms with E-state index in [2.05, 4.69) is 13.8 Å². The molecule has 1 spiro atoms. The van der Waals surface area contributed by atoms with E-state index in [1.165, 1.54) is 32.1 Å². The van der Waals surface area contributed by atoms with Gasteiger partial charge in [-0.15, -0.1) is 0 Å². The van der Waals surface area contributed by atoms with Crippen LogP contribution in [0.4, 0.5) is 0 Å². The standard InChI is InChI=1S/C11H20O/c1-9(2)10-4-7-12-11(8-10)5-3-6-11/h9-10H,3-8H2,1-2H3/t10-/m1/s1. The lowest BCUT2D eigenvalue weighted by Gasteiger charge is -2.48. The van der Waals surface area contributed by atoms with E-state index in [0.717, 1.165) is 18.4 Å². The molecule has 1 heterocycles. The summed E-state index contributed by atoms with van der Waals surface area (Å²) in [6.07, 6.45) is 6.68. The van der Waals surface area contributed by atoms with Crippen molar-refractivity contribution in [2.75, 3.05) is 6.61 Å². The number of ether oxygens (including phenoxy) is 1. The second kappa shape index (κ2) is 3.02. The normalized spacial score (nSPS) is 33.8. The maximum atomic E-state index is 5.88. The Hall–Kier alpha value is -0.0400. The molecule has 0 aromatic heterocycles. The van der Waals surface area contributed by atoms with E-state index in [1.807, 2.05) is 0 Å². The van der Waals surface area contributed by atoms with E-state index in [-0.39, 0.29) is 0 Å². The number of hydrogen-bond acceptors (Lipinski definition) is 1. The molecule has 0 amide bonds. The van der Waals surface area contributed by atoms with Crippen LogP contribution < -0.4 is 0 Å². The van der Waals surface area contributed by atoms with Crippen LogP contribution in [-0.2, 0) is 4.74 Å². The van der Waals surface area contributed by atoms with E-state index < -0.39 is 0 Å². The largest absolute Gasteiger partial charge is 0.375 e. The molecule has 1 saturated heterocycles. The Morgan fingerprint density at radius 3 is 2.58 bits per heavy atom. The van der Waals surface area contributed by atoms with Gasteiger partial charge in [-0.05, 0) is 43.9 Å². The SMILES string of the molecule is CC(C)[C@@H]1CCOC2(CCC2)C1. The summed E-state index contributed by atoms with van der Waals surface area (Å²) < 4.78 is 5.88. The predicted molar refractivity (Wildman–Crippen MR) is 50.1 cm³/mol. The maximum absolute atomic E-state index is 5.88. The Bertz CT molecular complexity index is 158. The molecule has 70 valence electrons. The van der Waals surface area contributed by atoms with Crippen molar-refractivity contribution in [1.82, 2.24) is 0 Å². The van der Waals surface area contributed by atoms with Gasteiger partial charge in [0.1, 0.15) is 0 Å². The van der Waals surface area contributed by atoms with E-state index in [1.54, 1.807) is 0 Å². The molecule has 1 aliphatic heterocycles. The summed E-state index contributed by atoms with van der Waals surface area (Å²) in [5.41, 5.74) is 0.354. The molecule has 0 aromatic rings. The minimum atomic E-state index is 0.354. The van der Waals surface area contributed by atoms with Crippen LogP contribution in [0.2, 0.25) is 0 Å². The van der Waals surface area contributed by atoms with Gasteiger partial charge in [0.2, 0.25) is 0 Å². The highest BCUT2D eigenvalue weighted by Gasteiger charge is 2.42. The van der Waals surface area contributed by atoms with Gasteiger partial charge in [0, 0.05) is 6.61 Å². The third-order valence-corrected chi connectivity index (χ3v) is 3.74. The summed E-state index contributed by atoms with van der Waals surface area (Å²) in [6.45, 7) is 5.72. The molecule has 2 aliphatic rings. The molecule has 1 saturated carbocycles. The highest BCUT2D eigenvalue weighted by molar-refractivity contribution is 4.94. The van der Waals surface area contributed by atoms with E-state index in [9.17, 15) is 0 Å². The van der Waals surface area contributed by atoms with Crippen LogP contribution in [0.5, 0.6) is 0 Å². The molecule has 0 N–H and O–H groups in total. The average Bonchev–Trinajstić information content (AvgIpc) is 2.02. The van der Waals surface area contributed by atoms with Crippen molar-refractivity contribution in [2.24, 2.45) is 11.8 Å². The molecule has 1 aliphatic carbocycles. The van der Waals surface area contributed by atoms with E-state index >= 15 is 0 Å². The lowest BCUT2D eigenvalue weighted by atomic mass is 9.70. The van der Waals surface area contributed by atoms with Crippen molar-refractivity contribution in [1.29, 1.82) is 0 Å². The Morgan fingerprint density at radius 1 is 1.33 bits per heavy atom. The van der Waals surface area contributed by atoms with Gasteiger partial charge in [0.25, 0.3) is 0 Å². The first-order valence-electron chi connectivity index (χ1n) is 5.36. The zero-order valence-corrected chi connectivity index (χ0v) is 8.31. The summed E-state index contributed by atoms with van der Waals surface area (Å²) >= 11 is 0. The van der Waals surface area contributed by atoms with Crippen molar-refractivity contribution in [3.8, 4) is 0 Å². The number of hydrogen-bond donors (Lipinski definition) is 0. The minimum absolute atomic E-state index is 0.354. The smallest absolute Gasteiger partial charge is 0.0685 e. The molecule has 1 nitrogen and oxygen atoms in total. The van der Waals surface area contributed by atoms with Crippen molar-refractivity contribution in [3.05, 3.63) is 0 Å². The first-order valence-corrected chi connectivity index (χ1v) is 5.36. The quantitative estimate of drug-likeness (QED) is 0.585. The van der Waals surface area contributed by atoms with Crippen LogP contribution in [0.1, 0.15) is 46.0 Å². The fourth-order valence-corrected chi connectivity index (χ4v) is 2.55. The average molecular weight is 168 g/mol. The molecule has 2 fully saturated rings. The van der Waals surface area contributed by atoms with Gasteiger partial charge >= 0.3 is 0 Å². The van der Waals surface area contributed by atoms with Gasteiger partial charge in [-0.25, -0.2) is 0 Å². The van der Waals surface area contributed by atoms with Crippen molar-refractivity contribution >= 4 is 0 Å². The van der Waals surface area contributed by atoms with Gasteiger partial charge in [0.15, 0.2) is 0 Å². The molecular formula is C11H20O. The fourth-order valence-electron chi connectivity index (χ4n) is 2.55. The maximum Gasteiger partial charge on any atom is 0.0685 e. The van der Waals surface area contributed by atoms with Crippen molar-refractivity contribution in [3.63, 3.8) is 0 Å². The van der Waals surface area contributed by atoms with E-state index in [0.29, 0.717) is 5.60 Å². The molecule has 0 bridgehead atoms. The highest BCUT2D eigenvalue weighted by atomic mass is 16.5. The van der Waals surface area contributed by atoms with Crippen LogP contribution >= 0.6 is 0 Å². The van der Waals surface area contributed by atoms with Gasteiger partial charge in [-0.1, -0.05) is 13.8 Å². The second-order valence-corrected chi connectivity index (χ2v) is 4.88. The third kappa shape index (κ3) is 1.39. The zero-order valence-electron chi connectivity index (χ0n) is 8.31. The van der Waals surface area contributed by atoms with Crippen LogP contribution in [0.25, 0.3) is 0 Å². The highest BCUT2D eigenvalue weighted by Crippen LogP contribution is 2.45. The fraction of sp³-hybridized carbons (Fsp3) is 1.00. The molecule has 12 heavy (non-hydrogen) atoms. The van der Waals surface area contributed by atoms with Crippen molar-refractivity contribution < 1.29 is 4.74 Å². The summed E-state index contributed by atoms with van der Waals surface area (Å²) in [4.78, 5) is 0. The van der Waals surface area contributed by atoms with Gasteiger partial charge < -0.3 is 4.74 Å². The molecule has 0 unspecified atom stereocenters. The molecule has 0 aromatic carbocycles. The Kier molecular flexibility index (Phi) is 2.16. The Balaban J connectivity index is 1.94. The monoisotopic (exact) mass is 168 g/mol. The number of rotatable bonds is 1. The zero-order chi connectivity index (χ0) is 8.60. The Morgan fingerprint density at radius 2 is 2.08 bits per heavy atom. The third-order valence-electron chi connectivity index (χ3n) is 3.74. The second-order valence-electron chi connectivity index (χ2n) is 4.88. The molecule has 2 rings (SSSR count). The van der Waals surface area contributed by atoms with E-state index in [4.69, 9.17) is 4.74 Å². The topological polar surface area (TPSA) is 9.23 Å². The van der Waals surface area contributed by atoms with Crippen molar-refractivity contribution in [2.45, 2.75) is 51.6 Å². The van der Waals surface area contributed by atoms with Gasteiger partial charge in [-0.2, -0.15) is 0 Å². The Labute approximate surface area is 75.5 Å². The summed E-state index contributed by atoms with van der Waals surface area (Å²) in [6, 6.07) is 0. The molecule has 1 heteroatoms. The first-order chi connectivity index (χ1) is 5.72. The van der Waals surface area contributed by atoms with Crippen LogP contribution in [0.15, 0.2) is 0 Å². The molecular weight excluding hydrogens is 148 g/mol. The first kappa shape index (κ1) is 8.55. The van der Waals surface area contributed by atoms with Crippen LogP contribution in [-0.4, -0.2) is 12.2 Å². The lowest BCUT2D eigenvalue weighted by molar-refractivity contribution is -0.148. The lowest BCUT2D eigenvalue weighted by Crippen LogP contribution is -2.46. The van der Waals surface area contributed by atoms with Gasteiger partial charge in [0.05, 0.1) is 5.60 Å². The van der Waals surface area contributed by atoms with Crippen LogP contribution in [0.3, 0.4) is 0 Å². The summed E-state index contributed by atoms with van der Waals surface area (Å²) in [5.74, 6) is 1.78.